The molecule has 0 amide bonds. The molecule has 0 aromatic heterocycles. The number of sulfonamides is 1. The number of rotatable bonds is 7. The lowest BCUT2D eigenvalue weighted by Crippen LogP contribution is -2.44. The summed E-state index contributed by atoms with van der Waals surface area (Å²) in [5.41, 5.74) is 1.50. The Hall–Kier alpha value is -2.28. The Morgan fingerprint density at radius 1 is 1.19 bits per heavy atom. The highest BCUT2D eigenvalue weighted by atomic mass is 32.2. The lowest BCUT2D eigenvalue weighted by molar-refractivity contribution is 0.0443. The number of nitrogens with one attached hydrogen (secondary N) is 2. The van der Waals surface area contributed by atoms with Crippen LogP contribution in [0.1, 0.15) is 11.1 Å². The molecular formula is C19H21N3O4S. The van der Waals surface area contributed by atoms with Crippen LogP contribution in [0.4, 0.5) is 0 Å². The molecule has 2 aromatic carbocycles. The van der Waals surface area contributed by atoms with Crippen molar-refractivity contribution in [3.63, 3.8) is 0 Å². The van der Waals surface area contributed by atoms with Crippen molar-refractivity contribution in [1.82, 2.24) is 10.0 Å². The van der Waals surface area contributed by atoms with Crippen LogP contribution in [0.2, 0.25) is 0 Å². The van der Waals surface area contributed by atoms with Crippen molar-refractivity contribution in [3.8, 4) is 6.07 Å². The molecule has 1 aliphatic rings. The third-order valence-electron chi connectivity index (χ3n) is 4.44. The van der Waals surface area contributed by atoms with Gasteiger partial charge in [-0.25, -0.2) is 13.1 Å². The summed E-state index contributed by atoms with van der Waals surface area (Å²) < 4.78 is 32.5. The van der Waals surface area contributed by atoms with E-state index in [0.29, 0.717) is 12.1 Å². The topological polar surface area (TPSA) is 111 Å². The first-order chi connectivity index (χ1) is 13.0. The Morgan fingerprint density at radius 3 is 2.70 bits per heavy atom. The standard InChI is InChI=1S/C19H21N3O4S/c20-10-14-5-4-6-15(9-14)11-21-17-13-26-18(19(17)23)12-22-27(24,25)16-7-2-1-3-8-16/h1-9,17-19,21-23H,11-13H2. The third kappa shape index (κ3) is 4.91. The molecule has 142 valence electrons. The van der Waals surface area contributed by atoms with Gasteiger partial charge in [0, 0.05) is 13.1 Å². The van der Waals surface area contributed by atoms with Gasteiger partial charge < -0.3 is 15.2 Å². The van der Waals surface area contributed by atoms with Gasteiger partial charge in [0.15, 0.2) is 0 Å². The number of nitrogens with zero attached hydrogens (tertiary/aromatic N) is 1. The summed E-state index contributed by atoms with van der Waals surface area (Å²) in [6.45, 7) is 0.737. The zero-order valence-electron chi connectivity index (χ0n) is 14.6. The Labute approximate surface area is 158 Å². The van der Waals surface area contributed by atoms with Crippen molar-refractivity contribution in [2.24, 2.45) is 0 Å². The molecule has 3 unspecified atom stereocenters. The lowest BCUT2D eigenvalue weighted by atomic mass is 10.1. The highest BCUT2D eigenvalue weighted by Gasteiger charge is 2.36. The molecule has 0 radical (unpaired) electrons. The van der Waals surface area contributed by atoms with E-state index in [4.69, 9.17) is 10.00 Å². The summed E-state index contributed by atoms with van der Waals surface area (Å²) in [5, 5.41) is 22.6. The Kier molecular flexibility index (Phi) is 6.21. The number of hydrogen-bond acceptors (Lipinski definition) is 6. The summed E-state index contributed by atoms with van der Waals surface area (Å²) in [6.07, 6.45) is -1.48. The maximum atomic E-state index is 12.3. The van der Waals surface area contributed by atoms with Crippen LogP contribution >= 0.6 is 0 Å². The Balaban J connectivity index is 1.52. The molecule has 3 N–H and O–H groups in total. The summed E-state index contributed by atoms with van der Waals surface area (Å²) in [7, 11) is -3.64. The van der Waals surface area contributed by atoms with Gasteiger partial charge in [0.1, 0.15) is 0 Å². The fraction of sp³-hybridized carbons (Fsp3) is 0.316. The number of aliphatic hydroxyl groups excluding tert-OH is 1. The highest BCUT2D eigenvalue weighted by Crippen LogP contribution is 2.16. The van der Waals surface area contributed by atoms with E-state index < -0.39 is 22.2 Å². The maximum absolute atomic E-state index is 12.3. The summed E-state index contributed by atoms with van der Waals surface area (Å²) in [6, 6.07) is 17.0. The molecule has 1 saturated heterocycles. The van der Waals surface area contributed by atoms with Crippen LogP contribution in [0, 0.1) is 11.3 Å². The molecule has 0 spiro atoms. The fourth-order valence-electron chi connectivity index (χ4n) is 2.92. The molecule has 0 bridgehead atoms. The monoisotopic (exact) mass is 387 g/mol. The normalized spacial score (nSPS) is 22.4. The van der Waals surface area contributed by atoms with E-state index in [0.717, 1.165) is 5.56 Å². The molecule has 1 heterocycles. The minimum atomic E-state index is -3.64. The van der Waals surface area contributed by atoms with Gasteiger partial charge in [0.05, 0.1) is 41.4 Å². The first-order valence-corrected chi connectivity index (χ1v) is 10.0. The molecule has 7 nitrogen and oxygen atoms in total. The van der Waals surface area contributed by atoms with Crippen molar-refractivity contribution in [2.45, 2.75) is 29.7 Å². The number of hydrogen-bond donors (Lipinski definition) is 3. The van der Waals surface area contributed by atoms with E-state index in [1.807, 2.05) is 6.07 Å². The van der Waals surface area contributed by atoms with E-state index in [-0.39, 0.29) is 24.1 Å². The summed E-state index contributed by atoms with van der Waals surface area (Å²) in [4.78, 5) is 0.171. The maximum Gasteiger partial charge on any atom is 0.240 e. The number of benzene rings is 2. The average Bonchev–Trinajstić information content (AvgIpc) is 3.05. The van der Waals surface area contributed by atoms with E-state index >= 15 is 0 Å². The molecule has 3 atom stereocenters. The van der Waals surface area contributed by atoms with Gasteiger partial charge in [-0.2, -0.15) is 5.26 Å². The van der Waals surface area contributed by atoms with Gasteiger partial charge in [0.2, 0.25) is 10.0 Å². The van der Waals surface area contributed by atoms with Crippen LogP contribution < -0.4 is 10.0 Å². The highest BCUT2D eigenvalue weighted by molar-refractivity contribution is 7.89. The van der Waals surface area contributed by atoms with Gasteiger partial charge >= 0.3 is 0 Å². The minimum Gasteiger partial charge on any atom is -0.389 e. The molecule has 8 heteroatoms. The predicted molar refractivity (Wildman–Crippen MR) is 99.2 cm³/mol. The van der Waals surface area contributed by atoms with Gasteiger partial charge in [-0.3, -0.25) is 0 Å². The van der Waals surface area contributed by atoms with Crippen LogP contribution in [-0.4, -0.2) is 44.9 Å². The van der Waals surface area contributed by atoms with Gasteiger partial charge in [-0.05, 0) is 29.8 Å². The third-order valence-corrected chi connectivity index (χ3v) is 5.88. The quantitative estimate of drug-likeness (QED) is 0.647. The fourth-order valence-corrected chi connectivity index (χ4v) is 3.98. The molecular weight excluding hydrogens is 366 g/mol. The van der Waals surface area contributed by atoms with E-state index in [2.05, 4.69) is 16.1 Å². The van der Waals surface area contributed by atoms with Gasteiger partial charge in [0.25, 0.3) is 0 Å². The second-order valence-electron chi connectivity index (χ2n) is 6.33. The molecule has 1 fully saturated rings. The molecule has 0 saturated carbocycles. The second kappa shape index (κ2) is 8.61. The number of nitriles is 1. The number of ether oxygens (including phenoxy) is 1. The van der Waals surface area contributed by atoms with Crippen LogP contribution in [0.3, 0.4) is 0 Å². The average molecular weight is 387 g/mol. The minimum absolute atomic E-state index is 0.0134. The van der Waals surface area contributed by atoms with Crippen molar-refractivity contribution in [3.05, 3.63) is 65.7 Å². The summed E-state index contributed by atoms with van der Waals surface area (Å²) in [5.74, 6) is 0. The van der Waals surface area contributed by atoms with Crippen LogP contribution in [0.15, 0.2) is 59.5 Å². The first kappa shape index (κ1) is 19.5. The smallest absolute Gasteiger partial charge is 0.240 e. The van der Waals surface area contributed by atoms with Crippen LogP contribution in [0.25, 0.3) is 0 Å². The molecule has 3 rings (SSSR count). The van der Waals surface area contributed by atoms with Gasteiger partial charge in [-0.15, -0.1) is 0 Å². The molecule has 2 aromatic rings. The zero-order chi connectivity index (χ0) is 19.3. The van der Waals surface area contributed by atoms with Crippen LogP contribution in [-0.2, 0) is 21.3 Å². The number of aliphatic hydroxyl groups is 1. The Bertz CT molecular complexity index is 912. The van der Waals surface area contributed by atoms with E-state index in [1.54, 1.807) is 36.4 Å². The molecule has 27 heavy (non-hydrogen) atoms. The van der Waals surface area contributed by atoms with Gasteiger partial charge in [-0.1, -0.05) is 30.3 Å². The van der Waals surface area contributed by atoms with Crippen molar-refractivity contribution in [1.29, 1.82) is 5.26 Å². The van der Waals surface area contributed by atoms with Crippen molar-refractivity contribution >= 4 is 10.0 Å². The predicted octanol–water partition coefficient (Wildman–Crippen LogP) is 0.755. The largest absolute Gasteiger partial charge is 0.389 e. The van der Waals surface area contributed by atoms with Crippen molar-refractivity contribution in [2.75, 3.05) is 13.2 Å². The summed E-state index contributed by atoms with van der Waals surface area (Å²) >= 11 is 0. The molecule has 0 aliphatic carbocycles. The van der Waals surface area contributed by atoms with Crippen LogP contribution in [0.5, 0.6) is 0 Å². The van der Waals surface area contributed by atoms with E-state index in [1.165, 1.54) is 12.1 Å². The second-order valence-corrected chi connectivity index (χ2v) is 8.09. The zero-order valence-corrected chi connectivity index (χ0v) is 15.4. The molecule has 1 aliphatic heterocycles. The SMILES string of the molecule is N#Cc1cccc(CNC2COC(CNS(=O)(=O)c3ccccc3)C2O)c1. The van der Waals surface area contributed by atoms with E-state index in [9.17, 15) is 13.5 Å². The lowest BCUT2D eigenvalue weighted by Gasteiger charge is -2.19. The Morgan fingerprint density at radius 2 is 1.96 bits per heavy atom. The first-order valence-electron chi connectivity index (χ1n) is 8.56. The van der Waals surface area contributed by atoms with Crippen molar-refractivity contribution < 1.29 is 18.3 Å².